The van der Waals surface area contributed by atoms with Crippen LogP contribution < -0.4 is 10.6 Å². The van der Waals surface area contributed by atoms with Gasteiger partial charge in [-0.3, -0.25) is 0 Å². The number of carboxylic acid groups (broad SMARTS) is 1. The molecule has 23 heavy (non-hydrogen) atoms. The Labute approximate surface area is 143 Å². The van der Waals surface area contributed by atoms with Crippen molar-refractivity contribution in [3.63, 3.8) is 0 Å². The van der Waals surface area contributed by atoms with E-state index in [1.165, 1.54) is 24.9 Å². The van der Waals surface area contributed by atoms with Crippen molar-refractivity contribution in [2.75, 3.05) is 12.3 Å². The first-order chi connectivity index (χ1) is 11.1. The van der Waals surface area contributed by atoms with Crippen LogP contribution in [0.2, 0.25) is 0 Å². The number of aromatic amines is 1. The largest absolute Gasteiger partial charge is 0.480 e. The molecule has 1 fully saturated rings. The van der Waals surface area contributed by atoms with E-state index in [9.17, 15) is 14.7 Å². The number of urea groups is 1. The highest BCUT2D eigenvalue weighted by atomic mass is 33.1. The Morgan fingerprint density at radius 1 is 1.48 bits per heavy atom. The quantitative estimate of drug-likeness (QED) is 0.397. The van der Waals surface area contributed by atoms with Gasteiger partial charge in [-0.25, -0.2) is 14.6 Å². The first-order valence-electron chi connectivity index (χ1n) is 7.68. The molecule has 0 spiro atoms. The Kier molecular flexibility index (Phi) is 7.60. The van der Waals surface area contributed by atoms with Crippen LogP contribution in [0.15, 0.2) is 12.5 Å². The molecule has 4 N–H and O–H groups in total. The Balaban J connectivity index is 1.60. The zero-order valence-electron chi connectivity index (χ0n) is 12.8. The number of rotatable bonds is 9. The van der Waals surface area contributed by atoms with Crippen molar-refractivity contribution >= 4 is 33.6 Å². The summed E-state index contributed by atoms with van der Waals surface area (Å²) >= 11 is 0. The molecule has 2 heterocycles. The summed E-state index contributed by atoms with van der Waals surface area (Å²) in [6.45, 7) is 0.562. The second-order valence-electron chi connectivity index (χ2n) is 5.40. The Morgan fingerprint density at radius 3 is 3.00 bits per heavy atom. The highest BCUT2D eigenvalue weighted by molar-refractivity contribution is 8.77. The SMILES string of the molecule is O=C(NCCCCC1CCSS1)NC(Cc1cnc[nH]1)C(=O)O. The van der Waals surface area contributed by atoms with Gasteiger partial charge in [-0.1, -0.05) is 28.0 Å². The van der Waals surface area contributed by atoms with E-state index < -0.39 is 18.0 Å². The number of carbonyl (C=O) groups excluding carboxylic acids is 1. The molecule has 0 aliphatic carbocycles. The fraction of sp³-hybridized carbons (Fsp3) is 0.643. The van der Waals surface area contributed by atoms with Crippen molar-refractivity contribution in [1.29, 1.82) is 0 Å². The normalized spacial score (nSPS) is 18.5. The molecule has 0 radical (unpaired) electrons. The van der Waals surface area contributed by atoms with E-state index in [1.54, 1.807) is 6.20 Å². The van der Waals surface area contributed by atoms with Crippen LogP contribution >= 0.6 is 21.6 Å². The minimum atomic E-state index is -1.06. The molecule has 9 heteroatoms. The number of H-pyrrole nitrogens is 1. The predicted octanol–water partition coefficient (Wildman–Crippen LogP) is 2.03. The molecule has 1 aromatic rings. The van der Waals surface area contributed by atoms with E-state index in [2.05, 4.69) is 20.6 Å². The van der Waals surface area contributed by atoms with Crippen LogP contribution in [0.5, 0.6) is 0 Å². The average molecular weight is 358 g/mol. The lowest BCUT2D eigenvalue weighted by Gasteiger charge is -2.14. The third-order valence-corrected chi connectivity index (χ3v) is 6.55. The predicted molar refractivity (Wildman–Crippen MR) is 92.6 cm³/mol. The highest BCUT2D eigenvalue weighted by Gasteiger charge is 2.21. The van der Waals surface area contributed by atoms with Crippen LogP contribution in [0.3, 0.4) is 0 Å². The number of hydrogen-bond donors (Lipinski definition) is 4. The highest BCUT2D eigenvalue weighted by Crippen LogP contribution is 2.39. The summed E-state index contributed by atoms with van der Waals surface area (Å²) in [6.07, 6.45) is 7.65. The summed E-state index contributed by atoms with van der Waals surface area (Å²) in [6, 6.07) is -1.41. The number of unbranched alkanes of at least 4 members (excludes halogenated alkanes) is 1. The van der Waals surface area contributed by atoms with Crippen molar-refractivity contribution in [2.24, 2.45) is 0 Å². The molecule has 1 aliphatic rings. The van der Waals surface area contributed by atoms with Crippen LogP contribution in [0.25, 0.3) is 0 Å². The fourth-order valence-electron chi connectivity index (χ4n) is 2.29. The zero-order valence-corrected chi connectivity index (χ0v) is 14.4. The van der Waals surface area contributed by atoms with E-state index in [4.69, 9.17) is 0 Å². The minimum Gasteiger partial charge on any atom is -0.480 e. The molecule has 2 amide bonds. The number of nitrogens with zero attached hydrogens (tertiary/aromatic N) is 1. The van der Waals surface area contributed by atoms with Crippen molar-refractivity contribution in [3.05, 3.63) is 18.2 Å². The van der Waals surface area contributed by atoms with E-state index in [1.807, 2.05) is 21.6 Å². The number of carbonyl (C=O) groups is 2. The molecule has 1 aliphatic heterocycles. The maximum atomic E-state index is 11.8. The molecule has 2 atom stereocenters. The summed E-state index contributed by atoms with van der Waals surface area (Å²) in [5, 5.41) is 15.1. The Morgan fingerprint density at radius 2 is 2.35 bits per heavy atom. The monoisotopic (exact) mass is 358 g/mol. The number of aromatic nitrogens is 2. The maximum Gasteiger partial charge on any atom is 0.326 e. The summed E-state index contributed by atoms with van der Waals surface area (Å²) < 4.78 is 0. The van der Waals surface area contributed by atoms with Crippen LogP contribution in [-0.4, -0.2) is 50.7 Å². The molecular formula is C14H22N4O3S2. The zero-order chi connectivity index (χ0) is 16.5. The lowest BCUT2D eigenvalue weighted by Crippen LogP contribution is -2.47. The topological polar surface area (TPSA) is 107 Å². The van der Waals surface area contributed by atoms with E-state index in [0.29, 0.717) is 12.2 Å². The van der Waals surface area contributed by atoms with Gasteiger partial charge in [0.25, 0.3) is 0 Å². The molecule has 2 unspecified atom stereocenters. The number of nitrogens with one attached hydrogen (secondary N) is 3. The number of hydrogen-bond acceptors (Lipinski definition) is 5. The molecule has 2 rings (SSSR count). The van der Waals surface area contributed by atoms with Gasteiger partial charge in [-0.15, -0.1) is 0 Å². The Bertz CT molecular complexity index is 492. The van der Waals surface area contributed by atoms with Gasteiger partial charge in [0.2, 0.25) is 0 Å². The number of imidazole rings is 1. The van der Waals surface area contributed by atoms with Crippen molar-refractivity contribution in [3.8, 4) is 0 Å². The van der Waals surface area contributed by atoms with Gasteiger partial charge in [0, 0.05) is 35.9 Å². The van der Waals surface area contributed by atoms with Gasteiger partial charge in [0.05, 0.1) is 6.33 Å². The third-order valence-electron chi connectivity index (χ3n) is 3.55. The minimum absolute atomic E-state index is 0.180. The first kappa shape index (κ1) is 18.0. The van der Waals surface area contributed by atoms with E-state index >= 15 is 0 Å². The van der Waals surface area contributed by atoms with E-state index in [-0.39, 0.29) is 6.42 Å². The summed E-state index contributed by atoms with van der Waals surface area (Å²) in [7, 11) is 3.90. The van der Waals surface area contributed by atoms with Crippen molar-refractivity contribution < 1.29 is 14.7 Å². The summed E-state index contributed by atoms with van der Waals surface area (Å²) in [5.41, 5.74) is 0.671. The van der Waals surface area contributed by atoms with Crippen LogP contribution in [0.4, 0.5) is 4.79 Å². The van der Waals surface area contributed by atoms with Gasteiger partial charge < -0.3 is 20.7 Å². The lowest BCUT2D eigenvalue weighted by molar-refractivity contribution is -0.139. The molecule has 7 nitrogen and oxygen atoms in total. The number of aliphatic carboxylic acids is 1. The standard InChI is InChI=1S/C14H22N4O3S2/c19-13(20)12(7-10-8-15-9-17-10)18-14(21)16-5-2-1-3-11-4-6-22-23-11/h8-9,11-12H,1-7H2,(H,15,17)(H,19,20)(H2,16,18,21). The van der Waals surface area contributed by atoms with Crippen molar-refractivity contribution in [2.45, 2.75) is 43.4 Å². The van der Waals surface area contributed by atoms with Crippen LogP contribution in [0.1, 0.15) is 31.4 Å². The molecule has 1 aromatic heterocycles. The second-order valence-corrected chi connectivity index (χ2v) is 8.18. The van der Waals surface area contributed by atoms with Gasteiger partial charge in [0.15, 0.2) is 0 Å². The van der Waals surface area contributed by atoms with Gasteiger partial charge >= 0.3 is 12.0 Å². The first-order valence-corrected chi connectivity index (χ1v) is 10.1. The number of amides is 2. The van der Waals surface area contributed by atoms with Gasteiger partial charge in [-0.2, -0.15) is 0 Å². The van der Waals surface area contributed by atoms with Gasteiger partial charge in [0.1, 0.15) is 6.04 Å². The van der Waals surface area contributed by atoms with E-state index in [0.717, 1.165) is 18.1 Å². The van der Waals surface area contributed by atoms with Crippen molar-refractivity contribution in [1.82, 2.24) is 20.6 Å². The molecule has 0 bridgehead atoms. The maximum absolute atomic E-state index is 11.8. The third kappa shape index (κ3) is 6.74. The van der Waals surface area contributed by atoms with Crippen LogP contribution in [0, 0.1) is 0 Å². The molecule has 0 saturated carbocycles. The second kappa shape index (κ2) is 9.71. The van der Waals surface area contributed by atoms with Crippen LogP contribution in [-0.2, 0) is 11.2 Å². The lowest BCUT2D eigenvalue weighted by atomic mass is 10.1. The smallest absolute Gasteiger partial charge is 0.326 e. The summed E-state index contributed by atoms with van der Waals surface area (Å²) in [4.78, 5) is 29.7. The Hall–Kier alpha value is -1.35. The fourth-order valence-corrected chi connectivity index (χ4v) is 5.32. The number of carboxylic acids is 1. The molecule has 0 aromatic carbocycles. The average Bonchev–Trinajstić information content (AvgIpc) is 3.19. The molecule has 1 saturated heterocycles. The summed E-state index contributed by atoms with van der Waals surface area (Å²) in [5.74, 6) is 0.175. The molecular weight excluding hydrogens is 336 g/mol. The van der Waals surface area contributed by atoms with Gasteiger partial charge in [-0.05, 0) is 19.3 Å². The molecule has 128 valence electrons.